The third-order valence-electron chi connectivity index (χ3n) is 5.70. The van der Waals surface area contributed by atoms with Gasteiger partial charge in [0, 0.05) is 36.6 Å². The van der Waals surface area contributed by atoms with Crippen molar-refractivity contribution in [3.63, 3.8) is 0 Å². The maximum Gasteiger partial charge on any atom is 0.318 e. The fourth-order valence-electron chi connectivity index (χ4n) is 4.97. The number of carbonyl (C=O) groups is 2. The number of nitrogens with two attached hydrogens (primary N) is 1. The van der Waals surface area contributed by atoms with E-state index < -0.39 is 0 Å². The Labute approximate surface area is 162 Å². The summed E-state index contributed by atoms with van der Waals surface area (Å²) in [6, 6.07) is 9.77. The van der Waals surface area contributed by atoms with Crippen LogP contribution in [0.2, 0.25) is 0 Å². The molecule has 2 fully saturated rings. The van der Waals surface area contributed by atoms with E-state index in [4.69, 9.17) is 5.73 Å². The summed E-state index contributed by atoms with van der Waals surface area (Å²) in [7, 11) is 0. The van der Waals surface area contributed by atoms with Crippen LogP contribution in [-0.2, 0) is 11.3 Å². The van der Waals surface area contributed by atoms with Gasteiger partial charge in [-0.15, -0.1) is 0 Å². The summed E-state index contributed by atoms with van der Waals surface area (Å²) in [5.41, 5.74) is 6.67. The smallest absolute Gasteiger partial charge is 0.318 e. The van der Waals surface area contributed by atoms with Crippen molar-refractivity contribution in [1.29, 1.82) is 0 Å². The number of hydrogen-bond acceptors (Lipinski definition) is 3. The second-order valence-electron chi connectivity index (χ2n) is 9.24. The Morgan fingerprint density at radius 1 is 1.15 bits per heavy atom. The number of nitrogens with one attached hydrogen (secondary N) is 1. The van der Waals surface area contributed by atoms with Crippen LogP contribution in [0.3, 0.4) is 0 Å². The molecule has 148 valence electrons. The number of urea groups is 1. The molecule has 1 aromatic carbocycles. The van der Waals surface area contributed by atoms with Crippen molar-refractivity contribution in [2.75, 3.05) is 6.54 Å². The quantitative estimate of drug-likeness (QED) is 0.855. The molecule has 2 heterocycles. The lowest BCUT2D eigenvalue weighted by Crippen LogP contribution is -2.67. The van der Waals surface area contributed by atoms with Crippen molar-refractivity contribution in [2.24, 2.45) is 5.73 Å². The number of carbonyl (C=O) groups excluding carboxylic acids is 2. The molecule has 1 unspecified atom stereocenters. The van der Waals surface area contributed by atoms with Crippen molar-refractivity contribution >= 4 is 11.9 Å². The van der Waals surface area contributed by atoms with E-state index in [9.17, 15) is 9.59 Å². The molecule has 0 radical (unpaired) electrons. The maximum atomic E-state index is 13.1. The van der Waals surface area contributed by atoms with Crippen LogP contribution >= 0.6 is 0 Å². The Morgan fingerprint density at radius 2 is 1.74 bits per heavy atom. The van der Waals surface area contributed by atoms with Crippen molar-refractivity contribution < 1.29 is 9.59 Å². The SMILES string of the molecule is CC1(C)CC(N)CC(C)(C)N1C(=O)NC1CC(=O)N(Cc2ccccc2)C1. The second-order valence-corrected chi connectivity index (χ2v) is 9.24. The molecule has 0 aliphatic carbocycles. The molecule has 3 amide bonds. The summed E-state index contributed by atoms with van der Waals surface area (Å²) >= 11 is 0. The topological polar surface area (TPSA) is 78.7 Å². The lowest BCUT2D eigenvalue weighted by molar-refractivity contribution is -0.128. The summed E-state index contributed by atoms with van der Waals surface area (Å²) in [6.07, 6.45) is 1.90. The molecule has 6 nitrogen and oxygen atoms in total. The molecule has 3 rings (SSSR count). The number of benzene rings is 1. The maximum absolute atomic E-state index is 13.1. The van der Waals surface area contributed by atoms with E-state index in [2.05, 4.69) is 33.0 Å². The van der Waals surface area contributed by atoms with Gasteiger partial charge >= 0.3 is 6.03 Å². The molecule has 0 saturated carbocycles. The minimum atomic E-state index is -0.322. The van der Waals surface area contributed by atoms with Crippen LogP contribution in [0, 0.1) is 0 Å². The van der Waals surface area contributed by atoms with Gasteiger partial charge in [-0.05, 0) is 46.1 Å². The lowest BCUT2D eigenvalue weighted by Gasteiger charge is -2.54. The first-order chi connectivity index (χ1) is 12.6. The van der Waals surface area contributed by atoms with E-state index >= 15 is 0 Å². The number of piperidine rings is 1. The van der Waals surface area contributed by atoms with Crippen LogP contribution < -0.4 is 11.1 Å². The highest BCUT2D eigenvalue weighted by atomic mass is 16.2. The van der Waals surface area contributed by atoms with E-state index in [-0.39, 0.29) is 35.1 Å². The molecule has 0 bridgehead atoms. The molecule has 27 heavy (non-hydrogen) atoms. The van der Waals surface area contributed by atoms with Crippen LogP contribution in [0.4, 0.5) is 4.79 Å². The van der Waals surface area contributed by atoms with Gasteiger partial charge in [0.15, 0.2) is 0 Å². The summed E-state index contributed by atoms with van der Waals surface area (Å²) in [4.78, 5) is 29.2. The Kier molecular flexibility index (Phi) is 5.21. The molecule has 1 atom stereocenters. The molecule has 0 spiro atoms. The average molecular weight is 373 g/mol. The van der Waals surface area contributed by atoms with E-state index in [1.54, 1.807) is 0 Å². The first-order valence-electron chi connectivity index (χ1n) is 9.77. The molecule has 6 heteroatoms. The standard InChI is InChI=1S/C21H32N4O2/c1-20(2)11-16(22)12-21(3,4)25(20)19(27)23-17-10-18(26)24(14-17)13-15-8-6-5-7-9-15/h5-9,16-17H,10-14,22H2,1-4H3,(H,23,27). The first-order valence-corrected chi connectivity index (χ1v) is 9.77. The van der Waals surface area contributed by atoms with Crippen LogP contribution in [-0.4, -0.2) is 51.4 Å². The molecule has 3 N–H and O–H groups in total. The minimum Gasteiger partial charge on any atom is -0.336 e. The Bertz CT molecular complexity index is 683. The molecule has 2 aliphatic rings. The molecule has 0 aromatic heterocycles. The van der Waals surface area contributed by atoms with Gasteiger partial charge in [0.2, 0.25) is 5.91 Å². The van der Waals surface area contributed by atoms with Crippen LogP contribution in [0.1, 0.15) is 52.5 Å². The van der Waals surface area contributed by atoms with E-state index in [1.165, 1.54) is 0 Å². The number of nitrogens with zero attached hydrogens (tertiary/aromatic N) is 2. The molecule has 1 aromatic rings. The molecular weight excluding hydrogens is 340 g/mol. The predicted molar refractivity (Wildman–Crippen MR) is 106 cm³/mol. The lowest BCUT2D eigenvalue weighted by atomic mass is 9.77. The fourth-order valence-corrected chi connectivity index (χ4v) is 4.97. The highest BCUT2D eigenvalue weighted by Gasteiger charge is 2.47. The van der Waals surface area contributed by atoms with Crippen molar-refractivity contribution in [3.8, 4) is 0 Å². The largest absolute Gasteiger partial charge is 0.336 e. The summed E-state index contributed by atoms with van der Waals surface area (Å²) < 4.78 is 0. The summed E-state index contributed by atoms with van der Waals surface area (Å²) in [5.74, 6) is 0.0864. The van der Waals surface area contributed by atoms with Gasteiger partial charge in [0.1, 0.15) is 0 Å². The Balaban J connectivity index is 1.65. The zero-order chi connectivity index (χ0) is 19.8. The number of amides is 3. The van der Waals surface area contributed by atoms with Gasteiger partial charge in [-0.3, -0.25) is 4.79 Å². The average Bonchev–Trinajstić information content (AvgIpc) is 2.84. The highest BCUT2D eigenvalue weighted by molar-refractivity contribution is 5.82. The monoisotopic (exact) mass is 372 g/mol. The van der Waals surface area contributed by atoms with Gasteiger partial charge in [-0.1, -0.05) is 30.3 Å². The second kappa shape index (κ2) is 7.15. The van der Waals surface area contributed by atoms with Crippen molar-refractivity contribution in [3.05, 3.63) is 35.9 Å². The third-order valence-corrected chi connectivity index (χ3v) is 5.70. The van der Waals surface area contributed by atoms with Gasteiger partial charge in [-0.25, -0.2) is 4.79 Å². The molecule has 2 saturated heterocycles. The fraction of sp³-hybridized carbons (Fsp3) is 0.619. The zero-order valence-electron chi connectivity index (χ0n) is 16.9. The van der Waals surface area contributed by atoms with Gasteiger partial charge < -0.3 is 20.9 Å². The Morgan fingerprint density at radius 3 is 2.33 bits per heavy atom. The first kappa shape index (κ1) is 19.7. The number of hydrogen-bond donors (Lipinski definition) is 2. The number of likely N-dealkylation sites (tertiary alicyclic amines) is 2. The Hall–Kier alpha value is -2.08. The normalized spacial score (nSPS) is 24.9. The van der Waals surface area contributed by atoms with Crippen LogP contribution in [0.5, 0.6) is 0 Å². The highest BCUT2D eigenvalue weighted by Crippen LogP contribution is 2.37. The van der Waals surface area contributed by atoms with E-state index in [0.717, 1.165) is 18.4 Å². The number of rotatable bonds is 3. The van der Waals surface area contributed by atoms with E-state index in [0.29, 0.717) is 19.5 Å². The molecular formula is C21H32N4O2. The van der Waals surface area contributed by atoms with Crippen LogP contribution in [0.15, 0.2) is 30.3 Å². The zero-order valence-corrected chi connectivity index (χ0v) is 16.9. The van der Waals surface area contributed by atoms with Gasteiger partial charge in [0.25, 0.3) is 0 Å². The van der Waals surface area contributed by atoms with Crippen molar-refractivity contribution in [2.45, 2.75) is 76.7 Å². The van der Waals surface area contributed by atoms with Crippen LogP contribution in [0.25, 0.3) is 0 Å². The van der Waals surface area contributed by atoms with Gasteiger partial charge in [0.05, 0.1) is 6.04 Å². The van der Waals surface area contributed by atoms with E-state index in [1.807, 2.05) is 40.1 Å². The minimum absolute atomic E-state index is 0.0864. The molecule has 2 aliphatic heterocycles. The van der Waals surface area contributed by atoms with Crippen molar-refractivity contribution in [1.82, 2.24) is 15.1 Å². The predicted octanol–water partition coefficient (Wildman–Crippen LogP) is 2.48. The third kappa shape index (κ3) is 4.26. The summed E-state index contributed by atoms with van der Waals surface area (Å²) in [6.45, 7) is 9.39. The summed E-state index contributed by atoms with van der Waals surface area (Å²) in [5, 5.41) is 3.10. The van der Waals surface area contributed by atoms with Gasteiger partial charge in [-0.2, -0.15) is 0 Å².